The second kappa shape index (κ2) is 6.33. The largest absolute Gasteiger partial charge is 0.490 e. The van der Waals surface area contributed by atoms with Crippen LogP contribution in [-0.4, -0.2) is 28.2 Å². The van der Waals surface area contributed by atoms with Crippen molar-refractivity contribution in [3.05, 3.63) is 73.1 Å². The molecule has 0 fully saturated rings. The highest BCUT2D eigenvalue weighted by Crippen LogP contribution is 2.27. The lowest BCUT2D eigenvalue weighted by molar-refractivity contribution is 0.379. The summed E-state index contributed by atoms with van der Waals surface area (Å²) >= 11 is 0. The van der Waals surface area contributed by atoms with Gasteiger partial charge in [0.1, 0.15) is 6.33 Å². The third kappa shape index (κ3) is 3.18. The number of hydrogen-bond acceptors (Lipinski definition) is 5. The quantitative estimate of drug-likeness (QED) is 0.503. The Kier molecular flexibility index (Phi) is 3.97. The maximum atomic E-state index is 12.7. The molecule has 0 amide bonds. The molecule has 136 valence electrons. The Hall–Kier alpha value is -3.52. The normalized spacial score (nSPS) is 11.6. The lowest BCUT2D eigenvalue weighted by Crippen LogP contribution is -2.12. The van der Waals surface area contributed by atoms with Crippen LogP contribution in [0.3, 0.4) is 0 Å². The summed E-state index contributed by atoms with van der Waals surface area (Å²) in [5.74, 6) is -0.865. The van der Waals surface area contributed by atoms with Crippen molar-refractivity contribution in [2.24, 2.45) is 0 Å². The van der Waals surface area contributed by atoms with E-state index in [1.165, 1.54) is 10.9 Å². The van der Waals surface area contributed by atoms with Crippen LogP contribution < -0.4 is 4.72 Å². The molecule has 4 aromatic rings. The van der Waals surface area contributed by atoms with Crippen LogP contribution in [0.2, 0.25) is 0 Å². The van der Waals surface area contributed by atoms with Crippen LogP contribution in [0, 0.1) is 0 Å². The van der Waals surface area contributed by atoms with Gasteiger partial charge < -0.3 is 10.2 Å². The minimum Gasteiger partial charge on any atom is -0.490 e. The number of anilines is 1. The van der Waals surface area contributed by atoms with E-state index in [0.717, 1.165) is 10.8 Å². The molecule has 3 N–H and O–H groups in total. The SMILES string of the molecule is O=S(=O)(Nc1ccc(-n2cnc(O)c2O)cc1)c1ccc2ccccc2c1. The van der Waals surface area contributed by atoms with E-state index in [1.807, 2.05) is 24.3 Å². The van der Waals surface area contributed by atoms with Crippen molar-refractivity contribution in [1.82, 2.24) is 9.55 Å². The van der Waals surface area contributed by atoms with E-state index >= 15 is 0 Å². The predicted molar refractivity (Wildman–Crippen MR) is 102 cm³/mol. The highest BCUT2D eigenvalue weighted by atomic mass is 32.2. The molecule has 0 aliphatic carbocycles. The van der Waals surface area contributed by atoms with Crippen LogP contribution in [0.4, 0.5) is 5.69 Å². The van der Waals surface area contributed by atoms with Gasteiger partial charge in [-0.3, -0.25) is 9.29 Å². The number of nitrogens with one attached hydrogen (secondary N) is 1. The Morgan fingerprint density at radius 2 is 1.59 bits per heavy atom. The number of imidazole rings is 1. The molecule has 1 aromatic heterocycles. The van der Waals surface area contributed by atoms with Crippen molar-refractivity contribution in [2.75, 3.05) is 4.72 Å². The zero-order valence-corrected chi connectivity index (χ0v) is 14.8. The number of fused-ring (bicyclic) bond motifs is 1. The zero-order chi connectivity index (χ0) is 19.0. The van der Waals surface area contributed by atoms with Crippen LogP contribution >= 0.6 is 0 Å². The summed E-state index contributed by atoms with van der Waals surface area (Å²) < 4.78 is 29.1. The molecule has 1 heterocycles. The van der Waals surface area contributed by atoms with Gasteiger partial charge in [-0.15, -0.1) is 0 Å². The number of benzene rings is 3. The third-order valence-corrected chi connectivity index (χ3v) is 5.53. The van der Waals surface area contributed by atoms with Crippen molar-refractivity contribution in [3.8, 4) is 17.4 Å². The van der Waals surface area contributed by atoms with E-state index < -0.39 is 15.9 Å². The summed E-state index contributed by atoms with van der Waals surface area (Å²) in [6, 6.07) is 18.8. The van der Waals surface area contributed by atoms with Crippen molar-refractivity contribution in [1.29, 1.82) is 0 Å². The maximum absolute atomic E-state index is 12.7. The molecule has 0 radical (unpaired) electrons. The molecule has 27 heavy (non-hydrogen) atoms. The van der Waals surface area contributed by atoms with E-state index in [4.69, 9.17) is 0 Å². The number of aromatic hydroxyl groups is 2. The van der Waals surface area contributed by atoms with Crippen molar-refractivity contribution in [3.63, 3.8) is 0 Å². The van der Waals surface area contributed by atoms with Crippen molar-refractivity contribution >= 4 is 26.5 Å². The van der Waals surface area contributed by atoms with Gasteiger partial charge in [0, 0.05) is 5.69 Å². The third-order valence-electron chi connectivity index (χ3n) is 4.15. The van der Waals surface area contributed by atoms with Gasteiger partial charge in [-0.1, -0.05) is 30.3 Å². The van der Waals surface area contributed by atoms with Gasteiger partial charge in [0.2, 0.25) is 0 Å². The second-order valence-corrected chi connectivity index (χ2v) is 7.61. The zero-order valence-electron chi connectivity index (χ0n) is 13.9. The lowest BCUT2D eigenvalue weighted by atomic mass is 10.1. The summed E-state index contributed by atoms with van der Waals surface area (Å²) in [4.78, 5) is 3.76. The summed E-state index contributed by atoms with van der Waals surface area (Å²) in [6.07, 6.45) is 1.26. The Morgan fingerprint density at radius 1 is 0.889 bits per heavy atom. The molecule has 0 saturated carbocycles. The number of rotatable bonds is 4. The molecule has 0 spiro atoms. The Balaban J connectivity index is 1.61. The van der Waals surface area contributed by atoms with Gasteiger partial charge >= 0.3 is 0 Å². The van der Waals surface area contributed by atoms with Crippen LogP contribution in [0.1, 0.15) is 0 Å². The summed E-state index contributed by atoms with van der Waals surface area (Å²) in [7, 11) is -3.74. The summed E-state index contributed by atoms with van der Waals surface area (Å²) in [5, 5.41) is 20.9. The summed E-state index contributed by atoms with van der Waals surface area (Å²) in [6.45, 7) is 0. The smallest absolute Gasteiger partial charge is 0.275 e. The first-order valence-corrected chi connectivity index (χ1v) is 9.50. The van der Waals surface area contributed by atoms with Gasteiger partial charge in [0.05, 0.1) is 10.6 Å². The molecular weight excluding hydrogens is 366 g/mol. The Bertz CT molecular complexity index is 1230. The fourth-order valence-electron chi connectivity index (χ4n) is 2.76. The number of hydrogen-bond donors (Lipinski definition) is 3. The minimum absolute atomic E-state index is 0.169. The molecule has 0 bridgehead atoms. The Labute approximate surface area is 155 Å². The molecule has 0 atom stereocenters. The van der Waals surface area contributed by atoms with Gasteiger partial charge in [0.25, 0.3) is 21.8 Å². The molecule has 0 aliphatic rings. The summed E-state index contributed by atoms with van der Waals surface area (Å²) in [5.41, 5.74) is 0.893. The fourth-order valence-corrected chi connectivity index (χ4v) is 3.85. The highest BCUT2D eigenvalue weighted by Gasteiger charge is 2.15. The van der Waals surface area contributed by atoms with Crippen LogP contribution in [0.15, 0.2) is 78.0 Å². The van der Waals surface area contributed by atoms with Crippen LogP contribution in [0.25, 0.3) is 16.5 Å². The molecule has 4 rings (SSSR count). The minimum atomic E-state index is -3.74. The number of nitrogens with zero attached hydrogens (tertiary/aromatic N) is 2. The standard InChI is InChI=1S/C19H15N3O4S/c23-18-19(24)22(12-20-18)16-8-6-15(7-9-16)21-27(25,26)17-10-5-13-3-1-2-4-14(13)11-17/h1-12,21,23-24H. The molecule has 0 aliphatic heterocycles. The molecule has 0 saturated heterocycles. The predicted octanol–water partition coefficient (Wildman–Crippen LogP) is 3.24. The lowest BCUT2D eigenvalue weighted by Gasteiger charge is -2.10. The monoisotopic (exact) mass is 381 g/mol. The van der Waals surface area contributed by atoms with Crippen LogP contribution in [-0.2, 0) is 10.0 Å². The number of sulfonamides is 1. The van der Waals surface area contributed by atoms with Gasteiger partial charge in [-0.05, 0) is 47.2 Å². The first kappa shape index (κ1) is 16.9. The number of aromatic nitrogens is 2. The van der Waals surface area contributed by atoms with E-state index in [9.17, 15) is 18.6 Å². The van der Waals surface area contributed by atoms with Crippen molar-refractivity contribution < 1.29 is 18.6 Å². The van der Waals surface area contributed by atoms with E-state index in [1.54, 1.807) is 42.5 Å². The fraction of sp³-hybridized carbons (Fsp3) is 0. The molecule has 0 unspecified atom stereocenters. The highest BCUT2D eigenvalue weighted by molar-refractivity contribution is 7.92. The molecule has 3 aromatic carbocycles. The average Bonchev–Trinajstić information content (AvgIpc) is 3.00. The van der Waals surface area contributed by atoms with E-state index in [-0.39, 0.29) is 10.8 Å². The van der Waals surface area contributed by atoms with Crippen LogP contribution in [0.5, 0.6) is 11.8 Å². The molecule has 7 nitrogen and oxygen atoms in total. The van der Waals surface area contributed by atoms with Gasteiger partial charge in [-0.25, -0.2) is 8.42 Å². The topological polar surface area (TPSA) is 104 Å². The Morgan fingerprint density at radius 3 is 2.26 bits per heavy atom. The first-order chi connectivity index (χ1) is 12.9. The first-order valence-electron chi connectivity index (χ1n) is 8.01. The molecular formula is C19H15N3O4S. The second-order valence-electron chi connectivity index (χ2n) is 5.92. The van der Waals surface area contributed by atoms with E-state index in [0.29, 0.717) is 11.4 Å². The average molecular weight is 381 g/mol. The van der Waals surface area contributed by atoms with Gasteiger partial charge in [-0.2, -0.15) is 4.98 Å². The van der Waals surface area contributed by atoms with Gasteiger partial charge in [0.15, 0.2) is 0 Å². The maximum Gasteiger partial charge on any atom is 0.275 e. The molecule has 8 heteroatoms. The van der Waals surface area contributed by atoms with E-state index in [2.05, 4.69) is 9.71 Å². The van der Waals surface area contributed by atoms with Crippen molar-refractivity contribution in [2.45, 2.75) is 4.90 Å².